The topological polar surface area (TPSA) is 40.0 Å². The van der Waals surface area contributed by atoms with Crippen LogP contribution in [0.4, 0.5) is 0 Å². The van der Waals surface area contributed by atoms with Gasteiger partial charge in [-0.2, -0.15) is 0 Å². The summed E-state index contributed by atoms with van der Waals surface area (Å²) in [5, 5.41) is 4.06. The number of rotatable bonds is 9. The van der Waals surface area contributed by atoms with Crippen molar-refractivity contribution in [3.63, 3.8) is 0 Å². The molecule has 27 heavy (non-hydrogen) atoms. The minimum atomic E-state index is 0.517. The molecule has 0 saturated heterocycles. The molecule has 4 nitrogen and oxygen atoms in total. The maximum Gasteiger partial charge on any atom is 0.125 e. The normalized spacial score (nSPS) is 11.7. The predicted molar refractivity (Wildman–Crippen MR) is 111 cm³/mol. The van der Waals surface area contributed by atoms with E-state index in [1.165, 1.54) is 0 Å². The van der Waals surface area contributed by atoms with Crippen LogP contribution in [-0.2, 0) is 11.4 Å². The Morgan fingerprint density at radius 1 is 1.04 bits per heavy atom. The lowest BCUT2D eigenvalue weighted by atomic mass is 10.1. The van der Waals surface area contributed by atoms with E-state index in [4.69, 9.17) is 14.3 Å². The first kappa shape index (κ1) is 20.6. The summed E-state index contributed by atoms with van der Waals surface area (Å²) in [6.45, 7) is 9.23. The number of ether oxygens (including phenoxy) is 2. The van der Waals surface area contributed by atoms with Crippen molar-refractivity contribution in [1.82, 2.24) is 0 Å². The molecular formula is C23H29NO3. The number of oxime groups is 1. The van der Waals surface area contributed by atoms with Gasteiger partial charge in [0.15, 0.2) is 0 Å². The SMILES string of the molecule is C/C=C/COc1cc(C)c(OCc2ccc(C(CC)=NOC)cc2)c(C)c1. The van der Waals surface area contributed by atoms with Gasteiger partial charge in [-0.05, 0) is 61.6 Å². The van der Waals surface area contributed by atoms with Gasteiger partial charge in [-0.15, -0.1) is 0 Å². The zero-order valence-corrected chi connectivity index (χ0v) is 16.9. The Hall–Kier alpha value is -2.75. The molecule has 0 saturated carbocycles. The molecule has 2 rings (SSSR count). The highest BCUT2D eigenvalue weighted by molar-refractivity contribution is 6.00. The molecule has 2 aromatic carbocycles. The van der Waals surface area contributed by atoms with Crippen LogP contribution >= 0.6 is 0 Å². The lowest BCUT2D eigenvalue weighted by Crippen LogP contribution is -2.03. The van der Waals surface area contributed by atoms with Crippen LogP contribution in [0.25, 0.3) is 0 Å². The third-order valence-electron chi connectivity index (χ3n) is 4.22. The van der Waals surface area contributed by atoms with Crippen LogP contribution in [0, 0.1) is 13.8 Å². The maximum atomic E-state index is 6.08. The molecule has 0 heterocycles. The van der Waals surface area contributed by atoms with E-state index >= 15 is 0 Å². The van der Waals surface area contributed by atoms with Gasteiger partial charge >= 0.3 is 0 Å². The maximum absolute atomic E-state index is 6.08. The van der Waals surface area contributed by atoms with Gasteiger partial charge in [0.05, 0.1) is 5.71 Å². The Bertz CT molecular complexity index is 769. The summed E-state index contributed by atoms with van der Waals surface area (Å²) in [5.41, 5.74) is 5.26. The third kappa shape index (κ3) is 5.88. The van der Waals surface area contributed by atoms with Crippen molar-refractivity contribution in [2.24, 2.45) is 5.16 Å². The summed E-state index contributed by atoms with van der Waals surface area (Å²) in [6.07, 6.45) is 4.79. The van der Waals surface area contributed by atoms with E-state index in [9.17, 15) is 0 Å². The smallest absolute Gasteiger partial charge is 0.125 e. The van der Waals surface area contributed by atoms with Crippen LogP contribution < -0.4 is 9.47 Å². The minimum Gasteiger partial charge on any atom is -0.490 e. The lowest BCUT2D eigenvalue weighted by Gasteiger charge is -2.14. The van der Waals surface area contributed by atoms with Crippen molar-refractivity contribution in [1.29, 1.82) is 0 Å². The number of allylic oxidation sites excluding steroid dienone is 1. The van der Waals surface area contributed by atoms with Gasteiger partial charge in [-0.3, -0.25) is 0 Å². The Kier molecular flexibility index (Phi) is 7.93. The van der Waals surface area contributed by atoms with Gasteiger partial charge in [-0.1, -0.05) is 48.5 Å². The van der Waals surface area contributed by atoms with Crippen molar-refractivity contribution in [2.75, 3.05) is 13.7 Å². The van der Waals surface area contributed by atoms with Crippen LogP contribution in [0.3, 0.4) is 0 Å². The zero-order valence-electron chi connectivity index (χ0n) is 16.9. The largest absolute Gasteiger partial charge is 0.490 e. The van der Waals surface area contributed by atoms with E-state index in [2.05, 4.69) is 36.3 Å². The Labute approximate surface area is 162 Å². The van der Waals surface area contributed by atoms with Gasteiger partial charge in [0.1, 0.15) is 31.8 Å². The van der Waals surface area contributed by atoms with Crippen molar-refractivity contribution in [2.45, 2.75) is 40.7 Å². The average Bonchev–Trinajstić information content (AvgIpc) is 2.66. The van der Waals surface area contributed by atoms with Gasteiger partial charge in [0.2, 0.25) is 0 Å². The zero-order chi connectivity index (χ0) is 19.6. The lowest BCUT2D eigenvalue weighted by molar-refractivity contribution is 0.213. The molecule has 0 atom stereocenters. The molecule has 2 aromatic rings. The summed E-state index contributed by atoms with van der Waals surface area (Å²) in [7, 11) is 1.57. The predicted octanol–water partition coefficient (Wildman–Crippen LogP) is 5.60. The second-order valence-electron chi connectivity index (χ2n) is 6.33. The fourth-order valence-electron chi connectivity index (χ4n) is 2.84. The van der Waals surface area contributed by atoms with Crippen molar-refractivity contribution in [3.8, 4) is 11.5 Å². The quantitative estimate of drug-likeness (QED) is 0.329. The molecule has 0 aliphatic carbocycles. The number of benzene rings is 2. The van der Waals surface area contributed by atoms with Crippen LogP contribution in [-0.4, -0.2) is 19.4 Å². The minimum absolute atomic E-state index is 0.517. The van der Waals surface area contributed by atoms with E-state index in [0.29, 0.717) is 13.2 Å². The number of nitrogens with zero attached hydrogens (tertiary/aromatic N) is 1. The highest BCUT2D eigenvalue weighted by Crippen LogP contribution is 2.29. The summed E-state index contributed by atoms with van der Waals surface area (Å²) in [5.74, 6) is 1.77. The first-order valence-corrected chi connectivity index (χ1v) is 9.26. The van der Waals surface area contributed by atoms with Crippen LogP contribution in [0.2, 0.25) is 0 Å². The molecule has 4 heteroatoms. The van der Waals surface area contributed by atoms with E-state index < -0.39 is 0 Å². The Morgan fingerprint density at radius 2 is 1.70 bits per heavy atom. The van der Waals surface area contributed by atoms with Crippen molar-refractivity contribution < 1.29 is 14.3 Å². The second-order valence-corrected chi connectivity index (χ2v) is 6.33. The highest BCUT2D eigenvalue weighted by atomic mass is 16.6. The molecule has 0 aliphatic heterocycles. The molecule has 0 fully saturated rings. The fourth-order valence-corrected chi connectivity index (χ4v) is 2.84. The van der Waals surface area contributed by atoms with Crippen LogP contribution in [0.1, 0.15) is 42.5 Å². The fraction of sp³-hybridized carbons (Fsp3) is 0.348. The van der Waals surface area contributed by atoms with Gasteiger partial charge < -0.3 is 14.3 Å². The van der Waals surface area contributed by atoms with E-state index in [0.717, 1.165) is 45.9 Å². The van der Waals surface area contributed by atoms with E-state index in [1.54, 1.807) is 7.11 Å². The van der Waals surface area contributed by atoms with Gasteiger partial charge in [-0.25, -0.2) is 0 Å². The third-order valence-corrected chi connectivity index (χ3v) is 4.22. The van der Waals surface area contributed by atoms with Crippen LogP contribution in [0.5, 0.6) is 11.5 Å². The summed E-state index contributed by atoms with van der Waals surface area (Å²) in [6, 6.07) is 12.3. The molecular weight excluding hydrogens is 338 g/mol. The molecule has 0 N–H and O–H groups in total. The molecule has 0 amide bonds. The second kappa shape index (κ2) is 10.4. The average molecular weight is 367 g/mol. The summed E-state index contributed by atoms with van der Waals surface area (Å²) < 4.78 is 11.8. The Morgan fingerprint density at radius 3 is 2.26 bits per heavy atom. The van der Waals surface area contributed by atoms with E-state index in [-0.39, 0.29) is 0 Å². The molecule has 0 radical (unpaired) electrons. The van der Waals surface area contributed by atoms with Gasteiger partial charge in [0, 0.05) is 0 Å². The monoisotopic (exact) mass is 367 g/mol. The molecule has 0 aliphatic rings. The first-order valence-electron chi connectivity index (χ1n) is 9.26. The van der Waals surface area contributed by atoms with Crippen molar-refractivity contribution >= 4 is 5.71 Å². The van der Waals surface area contributed by atoms with E-state index in [1.807, 2.05) is 45.1 Å². The Balaban J connectivity index is 2.04. The molecule has 0 spiro atoms. The molecule has 0 bridgehead atoms. The number of hydrogen-bond acceptors (Lipinski definition) is 4. The van der Waals surface area contributed by atoms with Crippen molar-refractivity contribution in [3.05, 3.63) is 70.8 Å². The van der Waals surface area contributed by atoms with Crippen LogP contribution in [0.15, 0.2) is 53.7 Å². The molecule has 0 unspecified atom stereocenters. The molecule has 144 valence electrons. The number of hydrogen-bond donors (Lipinski definition) is 0. The number of aryl methyl sites for hydroxylation is 2. The molecule has 0 aromatic heterocycles. The highest BCUT2D eigenvalue weighted by Gasteiger charge is 2.08. The van der Waals surface area contributed by atoms with Gasteiger partial charge in [0.25, 0.3) is 0 Å². The summed E-state index contributed by atoms with van der Waals surface area (Å²) >= 11 is 0. The standard InChI is InChI=1S/C23H29NO3/c1-6-8-13-26-21-14-17(3)23(18(4)15-21)27-16-19-9-11-20(12-10-19)22(7-2)24-25-5/h6,8-12,14-15H,7,13,16H2,1-5H3/b8-6+,24-22?. The first-order chi connectivity index (χ1) is 13.1. The summed E-state index contributed by atoms with van der Waals surface area (Å²) in [4.78, 5) is 4.90.